The maximum absolute atomic E-state index is 5.74. The molecule has 0 amide bonds. The summed E-state index contributed by atoms with van der Waals surface area (Å²) in [5.74, 6) is 3.69. The molecule has 3 nitrogen and oxygen atoms in total. The van der Waals surface area contributed by atoms with Crippen LogP contribution in [0.2, 0.25) is 0 Å². The van der Waals surface area contributed by atoms with Crippen LogP contribution in [0.4, 0.5) is 0 Å². The third-order valence-corrected chi connectivity index (χ3v) is 5.60. The van der Waals surface area contributed by atoms with Gasteiger partial charge in [0.2, 0.25) is 0 Å². The van der Waals surface area contributed by atoms with Gasteiger partial charge in [-0.1, -0.05) is 13.2 Å². The first kappa shape index (κ1) is 13.0. The molecular weight excluding hydrogens is 240 g/mol. The van der Waals surface area contributed by atoms with Crippen LogP contribution in [-0.2, 0) is 14.2 Å². The maximum atomic E-state index is 5.74. The van der Waals surface area contributed by atoms with Gasteiger partial charge in [0.1, 0.15) is 6.10 Å². The normalized spacial score (nSPS) is 46.9. The molecule has 0 aromatic rings. The zero-order valence-electron chi connectivity index (χ0n) is 11.7. The highest BCUT2D eigenvalue weighted by molar-refractivity contribution is 5.09. The van der Waals surface area contributed by atoms with Gasteiger partial charge in [-0.3, -0.25) is 0 Å². The predicted molar refractivity (Wildman–Crippen MR) is 73.3 cm³/mol. The van der Waals surface area contributed by atoms with E-state index in [2.05, 4.69) is 13.2 Å². The van der Waals surface area contributed by atoms with E-state index in [4.69, 9.17) is 14.2 Å². The van der Waals surface area contributed by atoms with Crippen LogP contribution in [0, 0.1) is 29.6 Å². The highest BCUT2D eigenvalue weighted by Gasteiger charge is 2.60. The van der Waals surface area contributed by atoms with Crippen molar-refractivity contribution < 1.29 is 14.2 Å². The van der Waals surface area contributed by atoms with Gasteiger partial charge in [0.25, 0.3) is 0 Å². The molecule has 0 N–H and O–H groups in total. The van der Waals surface area contributed by atoms with Crippen LogP contribution >= 0.6 is 0 Å². The van der Waals surface area contributed by atoms with E-state index in [9.17, 15) is 0 Å². The van der Waals surface area contributed by atoms with Crippen molar-refractivity contribution >= 4 is 0 Å². The zero-order chi connectivity index (χ0) is 13.4. The van der Waals surface area contributed by atoms with Crippen molar-refractivity contribution in [2.24, 2.45) is 29.6 Å². The molecule has 3 fully saturated rings. The van der Waals surface area contributed by atoms with Crippen molar-refractivity contribution in [2.45, 2.75) is 31.5 Å². The van der Waals surface area contributed by atoms with Gasteiger partial charge in [-0.15, -0.1) is 0 Å². The fraction of sp³-hybridized carbons (Fsp3) is 0.750. The minimum Gasteiger partial charge on any atom is -0.502 e. The van der Waals surface area contributed by atoms with Crippen molar-refractivity contribution in [3.8, 4) is 0 Å². The summed E-state index contributed by atoms with van der Waals surface area (Å²) in [7, 11) is 1.82. The van der Waals surface area contributed by atoms with E-state index in [1.165, 1.54) is 12.8 Å². The number of ether oxygens (including phenoxy) is 3. The topological polar surface area (TPSA) is 27.7 Å². The van der Waals surface area contributed by atoms with Gasteiger partial charge in [0.15, 0.2) is 0 Å². The number of hydrogen-bond acceptors (Lipinski definition) is 3. The third-order valence-electron chi connectivity index (χ3n) is 5.60. The Labute approximate surface area is 115 Å². The fourth-order valence-corrected chi connectivity index (χ4v) is 5.12. The molecule has 0 aromatic heterocycles. The van der Waals surface area contributed by atoms with Gasteiger partial charge in [-0.2, -0.15) is 0 Å². The zero-order valence-corrected chi connectivity index (χ0v) is 11.7. The molecule has 0 heterocycles. The molecule has 7 atom stereocenters. The highest BCUT2D eigenvalue weighted by Crippen LogP contribution is 2.61. The standard InChI is InChI=1S/C16H24O3/c1-4-18-9-11-6-10-7-12(11)13-8-14(19-5-2)16(17-3)15(10)13/h4-5,10-16H,1-2,6-9H2,3H3. The second-order valence-corrected chi connectivity index (χ2v) is 6.17. The molecular formula is C16H24O3. The smallest absolute Gasteiger partial charge is 0.124 e. The van der Waals surface area contributed by atoms with Crippen LogP contribution in [0.5, 0.6) is 0 Å². The first-order valence-electron chi connectivity index (χ1n) is 7.31. The Morgan fingerprint density at radius 2 is 1.95 bits per heavy atom. The Morgan fingerprint density at radius 3 is 2.63 bits per heavy atom. The van der Waals surface area contributed by atoms with Crippen molar-refractivity contribution in [3.63, 3.8) is 0 Å². The van der Waals surface area contributed by atoms with Gasteiger partial charge in [-0.25, -0.2) is 0 Å². The van der Waals surface area contributed by atoms with E-state index in [-0.39, 0.29) is 12.2 Å². The lowest BCUT2D eigenvalue weighted by Gasteiger charge is -2.32. The fourth-order valence-electron chi connectivity index (χ4n) is 5.12. The average molecular weight is 264 g/mol. The summed E-state index contributed by atoms with van der Waals surface area (Å²) in [6, 6.07) is 0. The van der Waals surface area contributed by atoms with E-state index < -0.39 is 0 Å². The van der Waals surface area contributed by atoms with Crippen LogP contribution in [0.15, 0.2) is 25.7 Å². The van der Waals surface area contributed by atoms with Crippen molar-refractivity contribution in [1.82, 2.24) is 0 Å². The summed E-state index contributed by atoms with van der Waals surface area (Å²) in [4.78, 5) is 0. The summed E-state index contributed by atoms with van der Waals surface area (Å²) in [6.07, 6.45) is 7.32. The number of rotatable bonds is 6. The predicted octanol–water partition coefficient (Wildman–Crippen LogP) is 2.98. The Balaban J connectivity index is 1.71. The second kappa shape index (κ2) is 5.20. The number of fused-ring (bicyclic) bond motifs is 5. The maximum Gasteiger partial charge on any atom is 0.124 e. The van der Waals surface area contributed by atoms with Crippen molar-refractivity contribution in [3.05, 3.63) is 25.7 Å². The van der Waals surface area contributed by atoms with Gasteiger partial charge in [0.05, 0.1) is 25.2 Å². The molecule has 0 spiro atoms. The number of methoxy groups -OCH3 is 1. The molecule has 3 saturated carbocycles. The van der Waals surface area contributed by atoms with Crippen LogP contribution < -0.4 is 0 Å². The quantitative estimate of drug-likeness (QED) is 0.690. The molecule has 3 aliphatic rings. The SMILES string of the molecule is C=COCC1CC2CC1C1CC(OC=C)C(OC)C21. The monoisotopic (exact) mass is 264 g/mol. The van der Waals surface area contributed by atoms with Crippen LogP contribution in [0.1, 0.15) is 19.3 Å². The lowest BCUT2D eigenvalue weighted by molar-refractivity contribution is -0.0338. The summed E-state index contributed by atoms with van der Waals surface area (Å²) >= 11 is 0. The summed E-state index contributed by atoms with van der Waals surface area (Å²) in [5.41, 5.74) is 0. The van der Waals surface area contributed by atoms with Crippen LogP contribution in [-0.4, -0.2) is 25.9 Å². The van der Waals surface area contributed by atoms with Crippen LogP contribution in [0.3, 0.4) is 0 Å². The molecule has 19 heavy (non-hydrogen) atoms. The first-order chi connectivity index (χ1) is 9.30. The second-order valence-electron chi connectivity index (χ2n) is 6.17. The van der Waals surface area contributed by atoms with Gasteiger partial charge in [0, 0.05) is 7.11 Å². The van der Waals surface area contributed by atoms with Crippen molar-refractivity contribution in [2.75, 3.05) is 13.7 Å². The van der Waals surface area contributed by atoms with Crippen LogP contribution in [0.25, 0.3) is 0 Å². The van der Waals surface area contributed by atoms with Gasteiger partial charge in [-0.05, 0) is 48.9 Å². The Kier molecular flexibility index (Phi) is 3.57. The lowest BCUT2D eigenvalue weighted by atomic mass is 9.75. The average Bonchev–Trinajstić information content (AvgIpc) is 3.05. The molecule has 3 rings (SSSR count). The molecule has 0 aromatic carbocycles. The molecule has 3 aliphatic carbocycles. The third kappa shape index (κ3) is 1.99. The van der Waals surface area contributed by atoms with E-state index in [1.54, 1.807) is 12.5 Å². The summed E-state index contributed by atoms with van der Waals surface area (Å²) < 4.78 is 16.8. The number of hydrogen-bond donors (Lipinski definition) is 0. The lowest BCUT2D eigenvalue weighted by Crippen LogP contribution is -2.34. The minimum atomic E-state index is 0.196. The van der Waals surface area contributed by atoms with Crippen molar-refractivity contribution in [1.29, 1.82) is 0 Å². The molecule has 3 heteroatoms. The summed E-state index contributed by atoms with van der Waals surface area (Å²) in [5, 5.41) is 0. The Hall–Kier alpha value is -0.960. The van der Waals surface area contributed by atoms with E-state index in [0.29, 0.717) is 11.8 Å². The molecule has 0 aliphatic heterocycles. The van der Waals surface area contributed by atoms with Gasteiger partial charge >= 0.3 is 0 Å². The van der Waals surface area contributed by atoms with Gasteiger partial charge < -0.3 is 14.2 Å². The largest absolute Gasteiger partial charge is 0.502 e. The summed E-state index contributed by atoms with van der Waals surface area (Å²) in [6.45, 7) is 8.16. The first-order valence-corrected chi connectivity index (χ1v) is 7.31. The molecule has 7 unspecified atom stereocenters. The van der Waals surface area contributed by atoms with E-state index in [1.807, 2.05) is 7.11 Å². The minimum absolute atomic E-state index is 0.196. The molecule has 0 radical (unpaired) electrons. The van der Waals surface area contributed by atoms with E-state index >= 15 is 0 Å². The molecule has 106 valence electrons. The molecule has 0 saturated heterocycles. The van der Waals surface area contributed by atoms with E-state index in [0.717, 1.165) is 30.8 Å². The Bertz CT molecular complexity index is 354. The molecule has 2 bridgehead atoms. The Morgan fingerprint density at radius 1 is 1.11 bits per heavy atom. The highest BCUT2D eigenvalue weighted by atomic mass is 16.5.